The summed E-state index contributed by atoms with van der Waals surface area (Å²) < 4.78 is 7.88. The predicted molar refractivity (Wildman–Crippen MR) is 83.0 cm³/mol. The number of fused-ring (bicyclic) bond motifs is 1. The van der Waals surface area contributed by atoms with Crippen molar-refractivity contribution in [2.75, 3.05) is 32.8 Å². The van der Waals surface area contributed by atoms with Gasteiger partial charge in [0.05, 0.1) is 18.0 Å². The maximum absolute atomic E-state index is 5.69. The Morgan fingerprint density at radius 1 is 1.43 bits per heavy atom. The number of hydrogen-bond donors (Lipinski definition) is 1. The maximum atomic E-state index is 5.69. The van der Waals surface area contributed by atoms with E-state index in [1.54, 1.807) is 0 Å². The molecular formula is C16H28N4O. The summed E-state index contributed by atoms with van der Waals surface area (Å²) in [5.41, 5.74) is 2.56. The zero-order valence-corrected chi connectivity index (χ0v) is 13.2. The van der Waals surface area contributed by atoms with Crippen molar-refractivity contribution in [2.24, 2.45) is 5.92 Å². The van der Waals surface area contributed by atoms with Crippen LogP contribution in [0.4, 0.5) is 0 Å². The summed E-state index contributed by atoms with van der Waals surface area (Å²) in [6.07, 6.45) is 3.55. The Labute approximate surface area is 127 Å². The summed E-state index contributed by atoms with van der Waals surface area (Å²) >= 11 is 0. The Balaban J connectivity index is 1.49. The zero-order valence-electron chi connectivity index (χ0n) is 13.2. The van der Waals surface area contributed by atoms with Crippen LogP contribution in [-0.2, 0) is 24.4 Å². The van der Waals surface area contributed by atoms with Gasteiger partial charge < -0.3 is 10.1 Å². The van der Waals surface area contributed by atoms with E-state index in [9.17, 15) is 0 Å². The average Bonchev–Trinajstić information content (AvgIpc) is 3.01. The molecule has 0 saturated carbocycles. The van der Waals surface area contributed by atoms with Crippen molar-refractivity contribution in [3.05, 3.63) is 17.5 Å². The van der Waals surface area contributed by atoms with Gasteiger partial charge in [-0.15, -0.1) is 0 Å². The summed E-state index contributed by atoms with van der Waals surface area (Å²) in [6.45, 7) is 10.4. The van der Waals surface area contributed by atoms with Crippen molar-refractivity contribution in [3.63, 3.8) is 0 Å². The van der Waals surface area contributed by atoms with Gasteiger partial charge in [-0.2, -0.15) is 5.10 Å². The van der Waals surface area contributed by atoms with Crippen molar-refractivity contribution >= 4 is 0 Å². The van der Waals surface area contributed by atoms with Crippen LogP contribution in [0.3, 0.4) is 0 Å². The third-order valence-corrected chi connectivity index (χ3v) is 4.40. The minimum absolute atomic E-state index is 0.707. The number of nitrogens with zero attached hydrogens (tertiary/aromatic N) is 3. The van der Waals surface area contributed by atoms with E-state index in [0.29, 0.717) is 5.92 Å². The Hall–Kier alpha value is -0.910. The fourth-order valence-corrected chi connectivity index (χ4v) is 3.31. The zero-order chi connectivity index (χ0) is 14.5. The first-order valence-corrected chi connectivity index (χ1v) is 8.41. The molecule has 118 valence electrons. The minimum Gasteiger partial charge on any atom is -0.381 e. The lowest BCUT2D eigenvalue weighted by Crippen LogP contribution is -2.22. The second kappa shape index (κ2) is 7.38. The number of nitrogens with one attached hydrogen (secondary N) is 1. The van der Waals surface area contributed by atoms with Crippen LogP contribution in [0.25, 0.3) is 0 Å². The van der Waals surface area contributed by atoms with Gasteiger partial charge in [0.25, 0.3) is 0 Å². The Bertz CT molecular complexity index is 422. The molecule has 2 aliphatic heterocycles. The fourth-order valence-electron chi connectivity index (χ4n) is 3.31. The van der Waals surface area contributed by atoms with E-state index >= 15 is 0 Å². The van der Waals surface area contributed by atoms with Crippen LogP contribution in [-0.4, -0.2) is 47.5 Å². The van der Waals surface area contributed by atoms with Gasteiger partial charge in [0.2, 0.25) is 0 Å². The van der Waals surface area contributed by atoms with E-state index in [1.165, 1.54) is 30.8 Å². The molecule has 0 spiro atoms. The molecule has 2 aliphatic rings. The van der Waals surface area contributed by atoms with Crippen molar-refractivity contribution in [3.8, 4) is 0 Å². The summed E-state index contributed by atoms with van der Waals surface area (Å²) in [7, 11) is 0. The lowest BCUT2D eigenvalue weighted by atomic mass is 10.1. The van der Waals surface area contributed by atoms with E-state index in [1.807, 2.05) is 0 Å². The average molecular weight is 292 g/mol. The first-order valence-electron chi connectivity index (χ1n) is 8.41. The molecule has 0 amide bonds. The van der Waals surface area contributed by atoms with E-state index in [4.69, 9.17) is 9.84 Å². The predicted octanol–water partition coefficient (Wildman–Crippen LogP) is 1.62. The van der Waals surface area contributed by atoms with Crippen molar-refractivity contribution in [1.29, 1.82) is 0 Å². The Morgan fingerprint density at radius 2 is 2.38 bits per heavy atom. The van der Waals surface area contributed by atoms with Gasteiger partial charge >= 0.3 is 0 Å². The van der Waals surface area contributed by atoms with Crippen LogP contribution >= 0.6 is 0 Å². The smallest absolute Gasteiger partial charge is 0.0768 e. The summed E-state index contributed by atoms with van der Waals surface area (Å²) in [5.74, 6) is 0.707. The van der Waals surface area contributed by atoms with E-state index in [0.717, 1.165) is 52.4 Å². The quantitative estimate of drug-likeness (QED) is 0.809. The van der Waals surface area contributed by atoms with Gasteiger partial charge in [0.15, 0.2) is 0 Å². The monoisotopic (exact) mass is 292 g/mol. The van der Waals surface area contributed by atoms with Crippen LogP contribution in [0.2, 0.25) is 0 Å². The highest BCUT2D eigenvalue weighted by atomic mass is 16.5. The molecule has 0 aromatic carbocycles. The third kappa shape index (κ3) is 4.05. The highest BCUT2D eigenvalue weighted by molar-refractivity contribution is 5.11. The molecule has 1 aromatic rings. The number of aromatic nitrogens is 2. The molecule has 21 heavy (non-hydrogen) atoms. The second-order valence-corrected chi connectivity index (χ2v) is 6.35. The Kier molecular flexibility index (Phi) is 5.27. The molecule has 1 saturated heterocycles. The number of hydrogen-bond acceptors (Lipinski definition) is 4. The molecule has 0 aliphatic carbocycles. The van der Waals surface area contributed by atoms with Gasteiger partial charge in [0.1, 0.15) is 0 Å². The number of rotatable bonds is 6. The first kappa shape index (κ1) is 15.0. The lowest BCUT2D eigenvalue weighted by Gasteiger charge is -2.14. The van der Waals surface area contributed by atoms with Crippen LogP contribution in [0.15, 0.2) is 6.07 Å². The highest BCUT2D eigenvalue weighted by Crippen LogP contribution is 2.19. The molecule has 1 N–H and O–H groups in total. The Morgan fingerprint density at radius 3 is 3.29 bits per heavy atom. The molecule has 1 fully saturated rings. The SMILES string of the molecule is CCCOC[C@@H]1CCN(Cc2cc3n(n2)CCCNC3)C1. The number of ether oxygens (including phenoxy) is 1. The van der Waals surface area contributed by atoms with Crippen molar-refractivity contribution < 1.29 is 4.74 Å². The summed E-state index contributed by atoms with van der Waals surface area (Å²) in [6, 6.07) is 2.28. The van der Waals surface area contributed by atoms with Gasteiger partial charge in [0, 0.05) is 32.8 Å². The summed E-state index contributed by atoms with van der Waals surface area (Å²) in [5, 5.41) is 8.23. The molecule has 3 rings (SSSR count). The standard InChI is InChI=1S/C16H28N4O/c1-2-8-21-13-14-4-7-19(11-14)12-15-9-16-10-17-5-3-6-20(16)18-15/h9,14,17H,2-8,10-13H2,1H3/t14-/m1/s1. The number of likely N-dealkylation sites (tertiary alicyclic amines) is 1. The van der Waals surface area contributed by atoms with Crippen LogP contribution in [0.5, 0.6) is 0 Å². The van der Waals surface area contributed by atoms with E-state index in [2.05, 4.69) is 27.9 Å². The van der Waals surface area contributed by atoms with E-state index < -0.39 is 0 Å². The molecule has 0 unspecified atom stereocenters. The maximum Gasteiger partial charge on any atom is 0.0768 e. The molecule has 1 atom stereocenters. The van der Waals surface area contributed by atoms with Crippen LogP contribution in [0, 0.1) is 5.92 Å². The third-order valence-electron chi connectivity index (χ3n) is 4.40. The number of aryl methyl sites for hydroxylation is 1. The summed E-state index contributed by atoms with van der Waals surface area (Å²) in [4.78, 5) is 2.52. The normalized spacial score (nSPS) is 23.2. The molecule has 5 nitrogen and oxygen atoms in total. The van der Waals surface area contributed by atoms with Crippen LogP contribution < -0.4 is 5.32 Å². The first-order chi connectivity index (χ1) is 10.3. The van der Waals surface area contributed by atoms with Crippen molar-refractivity contribution in [2.45, 2.75) is 45.8 Å². The molecule has 3 heterocycles. The van der Waals surface area contributed by atoms with Crippen LogP contribution in [0.1, 0.15) is 37.6 Å². The van der Waals surface area contributed by atoms with Gasteiger partial charge in [-0.25, -0.2) is 0 Å². The minimum atomic E-state index is 0.707. The van der Waals surface area contributed by atoms with Gasteiger partial charge in [-0.1, -0.05) is 6.92 Å². The largest absolute Gasteiger partial charge is 0.381 e. The molecule has 5 heteroatoms. The fraction of sp³-hybridized carbons (Fsp3) is 0.812. The van der Waals surface area contributed by atoms with Gasteiger partial charge in [-0.05, 0) is 44.3 Å². The molecular weight excluding hydrogens is 264 g/mol. The van der Waals surface area contributed by atoms with Gasteiger partial charge in [-0.3, -0.25) is 9.58 Å². The lowest BCUT2D eigenvalue weighted by molar-refractivity contribution is 0.101. The van der Waals surface area contributed by atoms with E-state index in [-0.39, 0.29) is 0 Å². The molecule has 1 aromatic heterocycles. The topological polar surface area (TPSA) is 42.3 Å². The molecule has 0 bridgehead atoms. The molecule has 0 radical (unpaired) electrons. The highest BCUT2D eigenvalue weighted by Gasteiger charge is 2.23. The van der Waals surface area contributed by atoms with Crippen molar-refractivity contribution in [1.82, 2.24) is 20.0 Å². The second-order valence-electron chi connectivity index (χ2n) is 6.35.